The van der Waals surface area contributed by atoms with Crippen molar-refractivity contribution in [3.05, 3.63) is 50.4 Å². The number of anilines is 1. The molecule has 0 radical (unpaired) electrons. The number of nitrogens with one attached hydrogen (secondary N) is 1. The number of hydrogen-bond acceptors (Lipinski definition) is 2. The number of benzene rings is 1. The van der Waals surface area contributed by atoms with Gasteiger partial charge in [0.25, 0.3) is 0 Å². The molecule has 0 saturated carbocycles. The van der Waals surface area contributed by atoms with Gasteiger partial charge in [-0.25, -0.2) is 4.39 Å². The van der Waals surface area contributed by atoms with E-state index in [9.17, 15) is 4.39 Å². The van der Waals surface area contributed by atoms with E-state index in [0.29, 0.717) is 5.02 Å². The second-order valence-electron chi connectivity index (χ2n) is 5.33. The molecule has 1 heterocycles. The molecule has 0 spiro atoms. The molecule has 1 aromatic heterocycles. The molecule has 4 heteroatoms. The summed E-state index contributed by atoms with van der Waals surface area (Å²) in [5.41, 5.74) is 2.23. The molecule has 1 nitrogen and oxygen atoms in total. The van der Waals surface area contributed by atoms with Crippen LogP contribution in [0.5, 0.6) is 0 Å². The zero-order valence-electron chi connectivity index (χ0n) is 11.4. The molecule has 1 aliphatic carbocycles. The lowest BCUT2D eigenvalue weighted by Crippen LogP contribution is -2.05. The van der Waals surface area contributed by atoms with Crippen molar-refractivity contribution in [2.75, 3.05) is 5.32 Å². The normalized spacial score (nSPS) is 15.8. The molecule has 0 aliphatic heterocycles. The van der Waals surface area contributed by atoms with Crippen molar-refractivity contribution < 1.29 is 4.39 Å². The third kappa shape index (κ3) is 2.99. The lowest BCUT2D eigenvalue weighted by molar-refractivity contribution is 0.628. The van der Waals surface area contributed by atoms with Gasteiger partial charge in [0.05, 0.1) is 6.04 Å². The van der Waals surface area contributed by atoms with Gasteiger partial charge in [0.2, 0.25) is 0 Å². The van der Waals surface area contributed by atoms with Crippen LogP contribution in [0.15, 0.2) is 24.3 Å². The molecular formula is C16H17ClFNS. The Hall–Kier alpha value is -1.06. The first-order valence-electron chi connectivity index (χ1n) is 6.96. The third-order valence-corrected chi connectivity index (χ3v) is 5.33. The average Bonchev–Trinajstić information content (AvgIpc) is 2.81. The Balaban J connectivity index is 1.78. The van der Waals surface area contributed by atoms with Gasteiger partial charge in [0, 0.05) is 20.5 Å². The monoisotopic (exact) mass is 309 g/mol. The molecule has 0 saturated heterocycles. The number of hydrogen-bond donors (Lipinski definition) is 1. The molecule has 0 fully saturated rings. The molecule has 1 N–H and O–H groups in total. The van der Waals surface area contributed by atoms with E-state index in [-0.39, 0.29) is 11.9 Å². The van der Waals surface area contributed by atoms with E-state index >= 15 is 0 Å². The van der Waals surface area contributed by atoms with Crippen molar-refractivity contribution >= 4 is 28.6 Å². The second kappa shape index (κ2) is 5.74. The van der Waals surface area contributed by atoms with Crippen molar-refractivity contribution in [2.45, 2.75) is 38.6 Å². The zero-order chi connectivity index (χ0) is 14.1. The number of fused-ring (bicyclic) bond motifs is 1. The van der Waals surface area contributed by atoms with Gasteiger partial charge in [0.15, 0.2) is 0 Å². The van der Waals surface area contributed by atoms with Crippen LogP contribution in [0.3, 0.4) is 0 Å². The summed E-state index contributed by atoms with van der Waals surface area (Å²) in [6.07, 6.45) is 5.00. The van der Waals surface area contributed by atoms with Gasteiger partial charge in [-0.3, -0.25) is 0 Å². The lowest BCUT2D eigenvalue weighted by atomic mass is 9.99. The average molecular weight is 310 g/mol. The summed E-state index contributed by atoms with van der Waals surface area (Å²) >= 11 is 7.77. The first-order chi connectivity index (χ1) is 9.61. The van der Waals surface area contributed by atoms with Crippen molar-refractivity contribution in [2.24, 2.45) is 0 Å². The molecule has 1 atom stereocenters. The van der Waals surface area contributed by atoms with Crippen LogP contribution >= 0.6 is 22.9 Å². The Morgan fingerprint density at radius 1 is 1.20 bits per heavy atom. The molecule has 1 unspecified atom stereocenters. The Bertz CT molecular complexity index is 579. The largest absolute Gasteiger partial charge is 0.378 e. The van der Waals surface area contributed by atoms with E-state index in [4.69, 9.17) is 11.6 Å². The van der Waals surface area contributed by atoms with Crippen molar-refractivity contribution in [3.63, 3.8) is 0 Å². The summed E-state index contributed by atoms with van der Waals surface area (Å²) in [4.78, 5) is 2.84. The van der Waals surface area contributed by atoms with Gasteiger partial charge < -0.3 is 5.32 Å². The fourth-order valence-electron chi connectivity index (χ4n) is 2.69. The van der Waals surface area contributed by atoms with Crippen LogP contribution in [-0.4, -0.2) is 0 Å². The fourth-order valence-corrected chi connectivity index (χ4v) is 4.17. The molecule has 1 aliphatic rings. The quantitative estimate of drug-likeness (QED) is 0.779. The Morgan fingerprint density at radius 2 is 2.00 bits per heavy atom. The van der Waals surface area contributed by atoms with E-state index in [1.54, 1.807) is 6.07 Å². The van der Waals surface area contributed by atoms with Crippen LogP contribution < -0.4 is 5.32 Å². The summed E-state index contributed by atoms with van der Waals surface area (Å²) in [7, 11) is 0. The fraction of sp³-hybridized carbons (Fsp3) is 0.375. The molecule has 2 aromatic rings. The van der Waals surface area contributed by atoms with E-state index in [1.807, 2.05) is 11.3 Å². The summed E-state index contributed by atoms with van der Waals surface area (Å²) in [5.74, 6) is -0.308. The summed E-state index contributed by atoms with van der Waals surface area (Å²) in [6.45, 7) is 2.11. The topological polar surface area (TPSA) is 12.0 Å². The van der Waals surface area contributed by atoms with Crippen molar-refractivity contribution in [1.29, 1.82) is 0 Å². The van der Waals surface area contributed by atoms with Crippen molar-refractivity contribution in [3.8, 4) is 0 Å². The Kier molecular flexibility index (Phi) is 3.99. The van der Waals surface area contributed by atoms with Crippen LogP contribution in [0.1, 0.15) is 41.1 Å². The number of rotatable bonds is 3. The summed E-state index contributed by atoms with van der Waals surface area (Å²) < 4.78 is 13.3. The van der Waals surface area contributed by atoms with Crippen LogP contribution in [0.4, 0.5) is 10.1 Å². The molecule has 0 bridgehead atoms. The number of thiophene rings is 1. The highest BCUT2D eigenvalue weighted by Gasteiger charge is 2.16. The molecule has 1 aromatic carbocycles. The molecule has 20 heavy (non-hydrogen) atoms. The molecule has 0 amide bonds. The van der Waals surface area contributed by atoms with Crippen LogP contribution in [-0.2, 0) is 12.8 Å². The molecule has 3 rings (SSSR count). The third-order valence-electron chi connectivity index (χ3n) is 3.69. The van der Waals surface area contributed by atoms with Gasteiger partial charge in [0.1, 0.15) is 5.82 Å². The highest BCUT2D eigenvalue weighted by atomic mass is 35.5. The van der Waals surface area contributed by atoms with Crippen LogP contribution in [0, 0.1) is 5.82 Å². The van der Waals surface area contributed by atoms with Crippen molar-refractivity contribution in [1.82, 2.24) is 0 Å². The maximum atomic E-state index is 13.3. The minimum atomic E-state index is -0.308. The molecule has 106 valence electrons. The Morgan fingerprint density at radius 3 is 2.75 bits per heavy atom. The standard InChI is InChI=1S/C16H17ClFNS/c1-10(19-14-8-12(17)7-13(18)9-14)16-6-11-4-2-3-5-15(11)20-16/h6-10,19H,2-5H2,1H3. The van der Waals surface area contributed by atoms with E-state index < -0.39 is 0 Å². The SMILES string of the molecule is CC(Nc1cc(F)cc(Cl)c1)c1cc2c(s1)CCCC2. The minimum Gasteiger partial charge on any atom is -0.378 e. The van der Waals surface area contributed by atoms with Gasteiger partial charge in [-0.1, -0.05) is 11.6 Å². The van der Waals surface area contributed by atoms with Crippen LogP contribution in [0.25, 0.3) is 0 Å². The van der Waals surface area contributed by atoms with Gasteiger partial charge in [-0.2, -0.15) is 0 Å². The highest BCUT2D eigenvalue weighted by Crippen LogP contribution is 2.34. The number of halogens is 2. The van der Waals surface area contributed by atoms with E-state index in [2.05, 4.69) is 18.3 Å². The highest BCUT2D eigenvalue weighted by molar-refractivity contribution is 7.12. The van der Waals surface area contributed by atoms with E-state index in [1.165, 1.54) is 53.1 Å². The zero-order valence-corrected chi connectivity index (χ0v) is 13.0. The maximum absolute atomic E-state index is 13.3. The van der Waals surface area contributed by atoms with Gasteiger partial charge in [-0.15, -0.1) is 11.3 Å². The maximum Gasteiger partial charge on any atom is 0.126 e. The predicted molar refractivity (Wildman–Crippen MR) is 84.4 cm³/mol. The molecular weight excluding hydrogens is 293 g/mol. The first kappa shape index (κ1) is 13.9. The lowest BCUT2D eigenvalue weighted by Gasteiger charge is -2.14. The minimum absolute atomic E-state index is 0.170. The predicted octanol–water partition coefficient (Wildman–Crippen LogP) is 5.59. The summed E-state index contributed by atoms with van der Waals surface area (Å²) in [5, 5.41) is 3.76. The Labute approximate surface area is 127 Å². The van der Waals surface area contributed by atoms with E-state index in [0.717, 1.165) is 5.69 Å². The number of aryl methyl sites for hydroxylation is 2. The first-order valence-corrected chi connectivity index (χ1v) is 8.15. The second-order valence-corrected chi connectivity index (χ2v) is 6.93. The van der Waals surface area contributed by atoms with Gasteiger partial charge >= 0.3 is 0 Å². The smallest absolute Gasteiger partial charge is 0.126 e. The van der Waals surface area contributed by atoms with Gasteiger partial charge in [-0.05, 0) is 62.4 Å². The van der Waals surface area contributed by atoms with Crippen LogP contribution in [0.2, 0.25) is 5.02 Å². The summed E-state index contributed by atoms with van der Waals surface area (Å²) in [6, 6.07) is 7.03.